The average Bonchev–Trinajstić information content (AvgIpc) is 2.70. The Hall–Kier alpha value is -2.36. The minimum atomic E-state index is -0.355. The van der Waals surface area contributed by atoms with Crippen molar-refractivity contribution in [3.8, 4) is 0 Å². The molecule has 152 valence electrons. The van der Waals surface area contributed by atoms with Gasteiger partial charge in [-0.2, -0.15) is 0 Å². The summed E-state index contributed by atoms with van der Waals surface area (Å²) < 4.78 is 5.28. The van der Waals surface area contributed by atoms with E-state index in [4.69, 9.17) is 4.74 Å². The summed E-state index contributed by atoms with van der Waals surface area (Å²) in [4.78, 5) is 24.6. The lowest BCUT2D eigenvalue weighted by Crippen LogP contribution is -2.51. The summed E-state index contributed by atoms with van der Waals surface area (Å²) in [5, 5.41) is 5.23. The summed E-state index contributed by atoms with van der Waals surface area (Å²) in [5.74, 6) is 2.09. The number of amides is 1. The second-order valence-electron chi connectivity index (χ2n) is 9.67. The van der Waals surface area contributed by atoms with E-state index in [9.17, 15) is 9.59 Å². The second kappa shape index (κ2) is 7.47. The molecule has 0 saturated heterocycles. The monoisotopic (exact) mass is 391 g/mol. The summed E-state index contributed by atoms with van der Waals surface area (Å²) in [6.07, 6.45) is 8.18. The van der Waals surface area contributed by atoms with Gasteiger partial charge in [-0.05, 0) is 78.0 Å². The number of esters is 1. The molecule has 0 aliphatic heterocycles. The average molecular weight is 392 g/mol. The molecule has 6 rings (SSSR count). The molecule has 2 aromatic carbocycles. The van der Waals surface area contributed by atoms with Gasteiger partial charge in [0.05, 0.1) is 6.42 Å². The molecule has 29 heavy (non-hydrogen) atoms. The Morgan fingerprint density at radius 2 is 1.59 bits per heavy atom. The lowest BCUT2D eigenvalue weighted by Gasteiger charge is -2.56. The summed E-state index contributed by atoms with van der Waals surface area (Å²) in [6, 6.07) is 13.9. The van der Waals surface area contributed by atoms with Crippen LogP contribution in [-0.4, -0.2) is 25.0 Å². The van der Waals surface area contributed by atoms with E-state index in [1.54, 1.807) is 0 Å². The van der Waals surface area contributed by atoms with Gasteiger partial charge < -0.3 is 10.1 Å². The molecule has 0 spiro atoms. The van der Waals surface area contributed by atoms with Crippen LogP contribution in [0.25, 0.3) is 10.8 Å². The molecule has 0 aromatic heterocycles. The third-order valence-electron chi connectivity index (χ3n) is 7.40. The highest BCUT2D eigenvalue weighted by atomic mass is 16.5. The minimum Gasteiger partial charge on any atom is -0.455 e. The van der Waals surface area contributed by atoms with Crippen molar-refractivity contribution in [1.82, 2.24) is 5.32 Å². The molecule has 4 saturated carbocycles. The zero-order chi connectivity index (χ0) is 19.8. The first-order valence-electron chi connectivity index (χ1n) is 11.0. The molecule has 4 aliphatic rings. The van der Waals surface area contributed by atoms with Crippen molar-refractivity contribution in [3.63, 3.8) is 0 Å². The minimum absolute atomic E-state index is 0.174. The first-order valence-corrected chi connectivity index (χ1v) is 11.0. The van der Waals surface area contributed by atoms with E-state index in [1.165, 1.54) is 38.5 Å². The Balaban J connectivity index is 1.12. The number of benzene rings is 2. The fraction of sp³-hybridized carbons (Fsp3) is 0.520. The maximum Gasteiger partial charge on any atom is 0.310 e. The molecule has 4 heteroatoms. The van der Waals surface area contributed by atoms with Crippen molar-refractivity contribution in [2.24, 2.45) is 23.2 Å². The van der Waals surface area contributed by atoms with Crippen molar-refractivity contribution in [1.29, 1.82) is 0 Å². The van der Waals surface area contributed by atoms with Crippen molar-refractivity contribution < 1.29 is 14.3 Å². The number of carbonyl (C=O) groups excluding carboxylic acids is 2. The predicted octanol–water partition coefficient (Wildman–Crippen LogP) is 4.26. The Bertz CT molecular complexity index is 894. The molecule has 1 amide bonds. The van der Waals surface area contributed by atoms with Gasteiger partial charge >= 0.3 is 5.97 Å². The number of hydrogen-bond acceptors (Lipinski definition) is 3. The molecule has 4 bridgehead atoms. The van der Waals surface area contributed by atoms with Crippen LogP contribution in [0.4, 0.5) is 0 Å². The van der Waals surface area contributed by atoms with Crippen LogP contribution < -0.4 is 5.32 Å². The highest BCUT2D eigenvalue weighted by Gasteiger charge is 2.50. The Morgan fingerprint density at radius 1 is 0.931 bits per heavy atom. The van der Waals surface area contributed by atoms with Gasteiger partial charge in [0, 0.05) is 6.54 Å². The fourth-order valence-electron chi connectivity index (χ4n) is 6.64. The first kappa shape index (κ1) is 18.7. The summed E-state index contributed by atoms with van der Waals surface area (Å²) in [5.41, 5.74) is 1.24. The maximum absolute atomic E-state index is 12.3. The van der Waals surface area contributed by atoms with E-state index in [-0.39, 0.29) is 24.9 Å². The van der Waals surface area contributed by atoms with Crippen molar-refractivity contribution in [2.75, 3.05) is 13.2 Å². The van der Waals surface area contributed by atoms with Crippen LogP contribution in [0.5, 0.6) is 0 Å². The topological polar surface area (TPSA) is 55.4 Å². The van der Waals surface area contributed by atoms with Gasteiger partial charge in [0.15, 0.2) is 6.61 Å². The highest BCUT2D eigenvalue weighted by Crippen LogP contribution is 2.59. The van der Waals surface area contributed by atoms with Gasteiger partial charge in [-0.1, -0.05) is 42.5 Å². The molecular formula is C25H29NO3. The van der Waals surface area contributed by atoms with E-state index in [1.807, 2.05) is 42.5 Å². The molecule has 1 N–H and O–H groups in total. The molecule has 4 fully saturated rings. The van der Waals surface area contributed by atoms with Crippen LogP contribution in [0, 0.1) is 23.2 Å². The fourth-order valence-corrected chi connectivity index (χ4v) is 6.64. The van der Waals surface area contributed by atoms with Crippen LogP contribution in [0.2, 0.25) is 0 Å². The van der Waals surface area contributed by atoms with Crippen molar-refractivity contribution in [3.05, 3.63) is 48.0 Å². The Morgan fingerprint density at radius 3 is 2.31 bits per heavy atom. The smallest absolute Gasteiger partial charge is 0.310 e. The number of ether oxygens (including phenoxy) is 1. The standard InChI is InChI=1S/C25H29NO3/c27-23(26-16-25-12-17-8-18(13-25)10-19(9-17)14-25)15-29-24(28)11-21-6-3-5-20-4-1-2-7-22(20)21/h1-7,17-19H,8-16H2,(H,26,27). The van der Waals surface area contributed by atoms with Crippen LogP contribution in [0.1, 0.15) is 44.1 Å². The number of carbonyl (C=O) groups is 2. The highest BCUT2D eigenvalue weighted by molar-refractivity contribution is 5.89. The zero-order valence-corrected chi connectivity index (χ0v) is 16.9. The van der Waals surface area contributed by atoms with Gasteiger partial charge in [0.2, 0.25) is 0 Å². The van der Waals surface area contributed by atoms with Gasteiger partial charge in [-0.3, -0.25) is 9.59 Å². The molecule has 4 nitrogen and oxygen atoms in total. The second-order valence-corrected chi connectivity index (χ2v) is 9.67. The van der Waals surface area contributed by atoms with Crippen LogP contribution in [-0.2, 0) is 20.7 Å². The summed E-state index contributed by atoms with van der Waals surface area (Å²) in [7, 11) is 0. The van der Waals surface area contributed by atoms with Crippen LogP contribution in [0.3, 0.4) is 0 Å². The molecule has 0 unspecified atom stereocenters. The normalized spacial score (nSPS) is 29.7. The molecule has 0 radical (unpaired) electrons. The van der Waals surface area contributed by atoms with E-state index in [0.29, 0.717) is 5.41 Å². The maximum atomic E-state index is 12.3. The predicted molar refractivity (Wildman–Crippen MR) is 112 cm³/mol. The van der Waals surface area contributed by atoms with Crippen LogP contribution >= 0.6 is 0 Å². The van der Waals surface area contributed by atoms with Crippen molar-refractivity contribution >= 4 is 22.6 Å². The van der Waals surface area contributed by atoms with E-state index >= 15 is 0 Å². The number of fused-ring (bicyclic) bond motifs is 1. The lowest BCUT2D eigenvalue weighted by molar-refractivity contribution is -0.148. The Kier molecular flexibility index (Phi) is 4.81. The molecule has 2 aromatic rings. The number of nitrogens with one attached hydrogen (secondary N) is 1. The largest absolute Gasteiger partial charge is 0.455 e. The van der Waals surface area contributed by atoms with E-state index in [0.717, 1.165) is 40.6 Å². The van der Waals surface area contributed by atoms with Gasteiger partial charge in [0.1, 0.15) is 0 Å². The van der Waals surface area contributed by atoms with Crippen LogP contribution in [0.15, 0.2) is 42.5 Å². The van der Waals surface area contributed by atoms with E-state index < -0.39 is 0 Å². The van der Waals surface area contributed by atoms with E-state index in [2.05, 4.69) is 5.32 Å². The quantitative estimate of drug-likeness (QED) is 0.749. The molecular weight excluding hydrogens is 362 g/mol. The Labute approximate surface area is 172 Å². The van der Waals surface area contributed by atoms with Crippen molar-refractivity contribution in [2.45, 2.75) is 44.9 Å². The third kappa shape index (κ3) is 3.90. The number of hydrogen-bond donors (Lipinski definition) is 1. The first-order chi connectivity index (χ1) is 14.1. The van der Waals surface area contributed by atoms with Gasteiger partial charge in [-0.15, -0.1) is 0 Å². The van der Waals surface area contributed by atoms with Gasteiger partial charge in [-0.25, -0.2) is 0 Å². The summed E-state index contributed by atoms with van der Waals surface area (Å²) in [6.45, 7) is 0.562. The lowest BCUT2D eigenvalue weighted by atomic mass is 9.49. The SMILES string of the molecule is O=C(COC(=O)Cc1cccc2ccccc12)NCC12CC3CC(CC(C3)C1)C2. The molecule has 0 atom stereocenters. The third-order valence-corrected chi connectivity index (χ3v) is 7.40. The van der Waals surface area contributed by atoms with Gasteiger partial charge in [0.25, 0.3) is 5.91 Å². The number of rotatable bonds is 6. The zero-order valence-electron chi connectivity index (χ0n) is 16.9. The molecule has 4 aliphatic carbocycles. The summed E-state index contributed by atoms with van der Waals surface area (Å²) >= 11 is 0. The molecule has 0 heterocycles.